The molecule has 0 aliphatic carbocycles. The minimum absolute atomic E-state index is 0.113. The molecule has 2 N–H and O–H groups in total. The van der Waals surface area contributed by atoms with Gasteiger partial charge in [0.25, 0.3) is 0 Å². The third kappa shape index (κ3) is 3.70. The number of nitrogens with one attached hydrogen (secondary N) is 2. The summed E-state index contributed by atoms with van der Waals surface area (Å²) in [5.41, 5.74) is 0. The van der Waals surface area contributed by atoms with Gasteiger partial charge in [-0.2, -0.15) is 0 Å². The molecular formula is C13H23N3O2. The van der Waals surface area contributed by atoms with Crippen molar-refractivity contribution in [3.63, 3.8) is 0 Å². The third-order valence-electron chi connectivity index (χ3n) is 3.84. The zero-order valence-electron chi connectivity index (χ0n) is 11.1. The van der Waals surface area contributed by atoms with Crippen LogP contribution in [0.15, 0.2) is 0 Å². The highest BCUT2D eigenvalue weighted by Crippen LogP contribution is 2.12. The van der Waals surface area contributed by atoms with Gasteiger partial charge in [0.1, 0.15) is 0 Å². The molecule has 0 aromatic heterocycles. The number of carbonyl (C=O) groups excluding carboxylic acids is 2. The second-order valence-electron chi connectivity index (χ2n) is 5.43. The largest absolute Gasteiger partial charge is 0.352 e. The normalized spacial score (nSPS) is 29.2. The maximum absolute atomic E-state index is 11.9. The van der Waals surface area contributed by atoms with Gasteiger partial charge in [0, 0.05) is 38.5 Å². The summed E-state index contributed by atoms with van der Waals surface area (Å²) in [6, 6.07) is 0.463. The zero-order chi connectivity index (χ0) is 13.0. The van der Waals surface area contributed by atoms with Crippen molar-refractivity contribution in [3.05, 3.63) is 0 Å². The smallest absolute Gasteiger partial charge is 0.222 e. The van der Waals surface area contributed by atoms with E-state index in [4.69, 9.17) is 0 Å². The first kappa shape index (κ1) is 13.3. The van der Waals surface area contributed by atoms with Gasteiger partial charge in [0.2, 0.25) is 11.8 Å². The molecule has 2 atom stereocenters. The highest BCUT2D eigenvalue weighted by molar-refractivity contribution is 5.79. The number of hydrogen-bond acceptors (Lipinski definition) is 3. The summed E-state index contributed by atoms with van der Waals surface area (Å²) in [6.07, 6.45) is 5.40. The number of hydrogen-bond donors (Lipinski definition) is 2. The van der Waals surface area contributed by atoms with E-state index in [0.717, 1.165) is 19.4 Å². The Balaban J connectivity index is 1.72. The fourth-order valence-electron chi connectivity index (χ4n) is 2.74. The van der Waals surface area contributed by atoms with Gasteiger partial charge in [0.05, 0.1) is 0 Å². The highest BCUT2D eigenvalue weighted by atomic mass is 16.2. The van der Waals surface area contributed by atoms with E-state index in [-0.39, 0.29) is 17.9 Å². The topological polar surface area (TPSA) is 61.4 Å². The minimum Gasteiger partial charge on any atom is -0.352 e. The summed E-state index contributed by atoms with van der Waals surface area (Å²) in [6.45, 7) is 1.67. The van der Waals surface area contributed by atoms with Crippen molar-refractivity contribution in [2.24, 2.45) is 0 Å². The first-order valence-electron chi connectivity index (χ1n) is 6.92. The van der Waals surface area contributed by atoms with E-state index in [1.807, 2.05) is 0 Å². The molecule has 2 unspecified atom stereocenters. The van der Waals surface area contributed by atoms with Gasteiger partial charge in [-0.05, 0) is 25.8 Å². The molecule has 0 saturated carbocycles. The zero-order valence-corrected chi connectivity index (χ0v) is 11.1. The second-order valence-corrected chi connectivity index (χ2v) is 5.43. The molecule has 5 heteroatoms. The SMILES string of the molecule is CN1CC(NC(=O)CC2CCCCN2)CCC1=O. The van der Waals surface area contributed by atoms with Crippen LogP contribution in [0.25, 0.3) is 0 Å². The van der Waals surface area contributed by atoms with Gasteiger partial charge in [-0.25, -0.2) is 0 Å². The molecule has 2 fully saturated rings. The molecule has 2 aliphatic rings. The lowest BCUT2D eigenvalue weighted by Gasteiger charge is -2.31. The van der Waals surface area contributed by atoms with Crippen molar-refractivity contribution < 1.29 is 9.59 Å². The summed E-state index contributed by atoms with van der Waals surface area (Å²) >= 11 is 0. The van der Waals surface area contributed by atoms with E-state index in [1.54, 1.807) is 11.9 Å². The highest BCUT2D eigenvalue weighted by Gasteiger charge is 2.25. The van der Waals surface area contributed by atoms with E-state index in [1.165, 1.54) is 12.8 Å². The molecule has 0 spiro atoms. The van der Waals surface area contributed by atoms with Crippen molar-refractivity contribution in [2.75, 3.05) is 20.1 Å². The Kier molecular flexibility index (Phi) is 4.58. The Morgan fingerprint density at radius 3 is 2.94 bits per heavy atom. The van der Waals surface area contributed by atoms with E-state index in [9.17, 15) is 9.59 Å². The Hall–Kier alpha value is -1.10. The van der Waals surface area contributed by atoms with Crippen molar-refractivity contribution in [1.29, 1.82) is 0 Å². The molecule has 2 heterocycles. The van der Waals surface area contributed by atoms with Gasteiger partial charge >= 0.3 is 0 Å². The van der Waals surface area contributed by atoms with Gasteiger partial charge in [-0.3, -0.25) is 9.59 Å². The average Bonchev–Trinajstić information content (AvgIpc) is 2.35. The predicted molar refractivity (Wildman–Crippen MR) is 69.1 cm³/mol. The third-order valence-corrected chi connectivity index (χ3v) is 3.84. The molecule has 0 bridgehead atoms. The van der Waals surface area contributed by atoms with Crippen LogP contribution in [0.1, 0.15) is 38.5 Å². The van der Waals surface area contributed by atoms with Gasteiger partial charge in [-0.1, -0.05) is 6.42 Å². The van der Waals surface area contributed by atoms with Crippen LogP contribution in [0, 0.1) is 0 Å². The molecule has 2 rings (SSSR count). The van der Waals surface area contributed by atoms with E-state index in [2.05, 4.69) is 10.6 Å². The maximum Gasteiger partial charge on any atom is 0.222 e. The summed E-state index contributed by atoms with van der Waals surface area (Å²) in [5.74, 6) is 0.289. The van der Waals surface area contributed by atoms with Gasteiger partial charge in [0.15, 0.2) is 0 Å². The lowest BCUT2D eigenvalue weighted by molar-refractivity contribution is -0.134. The summed E-state index contributed by atoms with van der Waals surface area (Å²) in [4.78, 5) is 25.0. The summed E-state index contributed by atoms with van der Waals surface area (Å²) in [7, 11) is 1.79. The monoisotopic (exact) mass is 253 g/mol. The lowest BCUT2D eigenvalue weighted by atomic mass is 10.0. The molecule has 0 aromatic rings. The average molecular weight is 253 g/mol. The summed E-state index contributed by atoms with van der Waals surface area (Å²) in [5, 5.41) is 6.42. The van der Waals surface area contributed by atoms with Crippen LogP contribution in [0.5, 0.6) is 0 Å². The Labute approximate surface area is 108 Å². The van der Waals surface area contributed by atoms with Gasteiger partial charge < -0.3 is 15.5 Å². The number of rotatable bonds is 3. The number of carbonyl (C=O) groups is 2. The minimum atomic E-state index is 0.113. The summed E-state index contributed by atoms with van der Waals surface area (Å²) < 4.78 is 0. The molecule has 18 heavy (non-hydrogen) atoms. The number of nitrogens with zero attached hydrogens (tertiary/aromatic N) is 1. The molecule has 2 amide bonds. The number of piperidine rings is 2. The Morgan fingerprint density at radius 1 is 1.44 bits per heavy atom. The molecule has 0 aromatic carbocycles. The van der Waals surface area contributed by atoms with Crippen LogP contribution in [0.2, 0.25) is 0 Å². The van der Waals surface area contributed by atoms with Crippen molar-refractivity contribution in [1.82, 2.24) is 15.5 Å². The standard InChI is InChI=1S/C13H23N3O2/c1-16-9-11(5-6-13(16)18)15-12(17)8-10-4-2-3-7-14-10/h10-11,14H,2-9H2,1H3,(H,15,17). The molecular weight excluding hydrogens is 230 g/mol. The number of amides is 2. The van der Waals surface area contributed by atoms with Crippen molar-refractivity contribution in [3.8, 4) is 0 Å². The second kappa shape index (κ2) is 6.18. The fraction of sp³-hybridized carbons (Fsp3) is 0.846. The van der Waals surface area contributed by atoms with Gasteiger partial charge in [-0.15, -0.1) is 0 Å². The fourth-order valence-corrected chi connectivity index (χ4v) is 2.74. The van der Waals surface area contributed by atoms with Crippen molar-refractivity contribution >= 4 is 11.8 Å². The van der Waals surface area contributed by atoms with E-state index in [0.29, 0.717) is 25.4 Å². The first-order chi connectivity index (χ1) is 8.65. The van der Waals surface area contributed by atoms with Crippen LogP contribution in [-0.2, 0) is 9.59 Å². The quantitative estimate of drug-likeness (QED) is 0.758. The molecule has 102 valence electrons. The van der Waals surface area contributed by atoms with Crippen molar-refractivity contribution in [2.45, 2.75) is 50.6 Å². The van der Waals surface area contributed by atoms with Crippen LogP contribution < -0.4 is 10.6 Å². The van der Waals surface area contributed by atoms with Crippen LogP contribution >= 0.6 is 0 Å². The Morgan fingerprint density at radius 2 is 2.28 bits per heavy atom. The first-order valence-corrected chi connectivity index (χ1v) is 6.92. The number of likely N-dealkylation sites (N-methyl/N-ethyl adjacent to an activating group) is 1. The van der Waals surface area contributed by atoms with Crippen LogP contribution in [0.3, 0.4) is 0 Å². The number of likely N-dealkylation sites (tertiary alicyclic amines) is 1. The Bertz CT molecular complexity index is 313. The molecule has 2 saturated heterocycles. The van der Waals surface area contributed by atoms with Crippen LogP contribution in [0.4, 0.5) is 0 Å². The molecule has 2 aliphatic heterocycles. The molecule has 0 radical (unpaired) electrons. The predicted octanol–water partition coefficient (Wildman–Crippen LogP) is 0.256. The van der Waals surface area contributed by atoms with E-state index < -0.39 is 0 Å². The van der Waals surface area contributed by atoms with Crippen LogP contribution in [-0.4, -0.2) is 48.9 Å². The molecule has 5 nitrogen and oxygen atoms in total. The maximum atomic E-state index is 11.9. The lowest BCUT2D eigenvalue weighted by Crippen LogP contribution is -2.49. The van der Waals surface area contributed by atoms with E-state index >= 15 is 0 Å².